The summed E-state index contributed by atoms with van der Waals surface area (Å²) in [4.78, 5) is 1.75. The predicted octanol–water partition coefficient (Wildman–Crippen LogP) is 1.78. The van der Waals surface area contributed by atoms with Crippen molar-refractivity contribution < 1.29 is 0 Å². The average molecular weight is 171 g/mol. The van der Waals surface area contributed by atoms with Gasteiger partial charge in [-0.05, 0) is 12.2 Å². The van der Waals surface area contributed by atoms with Crippen molar-refractivity contribution in [2.24, 2.45) is 5.92 Å². The predicted molar refractivity (Wildman–Crippen MR) is 49.6 cm³/mol. The minimum Gasteiger partial charge on any atom is -0.304 e. The van der Waals surface area contributed by atoms with Crippen LogP contribution in [0.3, 0.4) is 0 Å². The molecule has 0 amide bonds. The lowest BCUT2D eigenvalue weighted by Gasteiger charge is -2.17. The third kappa shape index (κ3) is 0.922. The minimum absolute atomic E-state index is 0.0765. The van der Waals surface area contributed by atoms with E-state index in [1.807, 2.05) is 31.4 Å². The molecule has 13 heavy (non-hydrogen) atoms. The maximum Gasteiger partial charge on any atom is 0.113 e. The Balaban J connectivity index is 2.55. The SMILES string of the molecule is C[C@H]1C(=N)N2C=CC=CC2=C1C#N. The highest BCUT2D eigenvalue weighted by molar-refractivity contribution is 5.92. The lowest BCUT2D eigenvalue weighted by molar-refractivity contribution is 0.701. The van der Waals surface area contributed by atoms with Gasteiger partial charge in [0, 0.05) is 6.20 Å². The Kier molecular flexibility index (Phi) is 1.56. The van der Waals surface area contributed by atoms with E-state index in [-0.39, 0.29) is 5.92 Å². The van der Waals surface area contributed by atoms with Gasteiger partial charge >= 0.3 is 0 Å². The quantitative estimate of drug-likeness (QED) is 0.604. The molecule has 0 aromatic rings. The number of nitrogens with zero attached hydrogens (tertiary/aromatic N) is 2. The molecule has 0 fully saturated rings. The van der Waals surface area contributed by atoms with Gasteiger partial charge in [0.15, 0.2) is 0 Å². The van der Waals surface area contributed by atoms with Crippen LogP contribution in [0.4, 0.5) is 0 Å². The number of rotatable bonds is 0. The fourth-order valence-electron chi connectivity index (χ4n) is 1.59. The van der Waals surface area contributed by atoms with Gasteiger partial charge in [0.1, 0.15) is 5.84 Å². The molecule has 0 spiro atoms. The Labute approximate surface area is 76.8 Å². The van der Waals surface area contributed by atoms with Gasteiger partial charge in [-0.15, -0.1) is 0 Å². The van der Waals surface area contributed by atoms with Gasteiger partial charge in [0.2, 0.25) is 0 Å². The molecule has 3 nitrogen and oxygen atoms in total. The van der Waals surface area contributed by atoms with E-state index in [9.17, 15) is 0 Å². The number of nitriles is 1. The van der Waals surface area contributed by atoms with Crippen molar-refractivity contribution in [2.75, 3.05) is 0 Å². The van der Waals surface area contributed by atoms with Crippen LogP contribution in [-0.4, -0.2) is 10.7 Å². The summed E-state index contributed by atoms with van der Waals surface area (Å²) in [5.74, 6) is 0.402. The molecule has 0 aliphatic carbocycles. The number of amidine groups is 1. The lowest BCUT2D eigenvalue weighted by Crippen LogP contribution is -2.22. The van der Waals surface area contributed by atoms with Crippen molar-refractivity contribution in [3.05, 3.63) is 35.7 Å². The first-order chi connectivity index (χ1) is 6.25. The zero-order valence-corrected chi connectivity index (χ0v) is 7.28. The van der Waals surface area contributed by atoms with Crippen molar-refractivity contribution in [1.82, 2.24) is 4.90 Å². The van der Waals surface area contributed by atoms with Crippen molar-refractivity contribution >= 4 is 5.84 Å². The van der Waals surface area contributed by atoms with Crippen LogP contribution in [-0.2, 0) is 0 Å². The first kappa shape index (κ1) is 7.81. The van der Waals surface area contributed by atoms with Gasteiger partial charge in [0.05, 0.1) is 23.3 Å². The van der Waals surface area contributed by atoms with E-state index in [1.165, 1.54) is 0 Å². The summed E-state index contributed by atoms with van der Waals surface area (Å²) < 4.78 is 0. The Hall–Kier alpha value is -1.82. The maximum absolute atomic E-state index is 8.90. The van der Waals surface area contributed by atoms with E-state index in [0.29, 0.717) is 11.4 Å². The highest BCUT2D eigenvalue weighted by atomic mass is 15.2. The van der Waals surface area contributed by atoms with Crippen molar-refractivity contribution in [3.8, 4) is 6.07 Å². The Morgan fingerprint density at radius 1 is 1.54 bits per heavy atom. The molecule has 0 bridgehead atoms. The van der Waals surface area contributed by atoms with Crippen molar-refractivity contribution in [2.45, 2.75) is 6.92 Å². The van der Waals surface area contributed by atoms with E-state index < -0.39 is 0 Å². The van der Waals surface area contributed by atoms with Crippen molar-refractivity contribution in [1.29, 1.82) is 10.7 Å². The highest BCUT2D eigenvalue weighted by Gasteiger charge is 2.32. The van der Waals surface area contributed by atoms with E-state index >= 15 is 0 Å². The highest BCUT2D eigenvalue weighted by Crippen LogP contribution is 2.31. The van der Waals surface area contributed by atoms with E-state index in [4.69, 9.17) is 10.7 Å². The van der Waals surface area contributed by atoms with Gasteiger partial charge < -0.3 is 4.90 Å². The third-order valence-electron chi connectivity index (χ3n) is 2.36. The zero-order valence-electron chi connectivity index (χ0n) is 7.28. The number of hydrogen-bond donors (Lipinski definition) is 1. The smallest absolute Gasteiger partial charge is 0.113 e. The van der Waals surface area contributed by atoms with Gasteiger partial charge in [-0.1, -0.05) is 13.0 Å². The molecule has 3 heteroatoms. The normalized spacial score (nSPS) is 25.1. The summed E-state index contributed by atoms with van der Waals surface area (Å²) in [5.41, 5.74) is 1.54. The zero-order chi connectivity index (χ0) is 9.42. The number of allylic oxidation sites excluding steroid dienone is 3. The topological polar surface area (TPSA) is 50.9 Å². The van der Waals surface area contributed by atoms with Crippen LogP contribution in [0.2, 0.25) is 0 Å². The molecule has 0 saturated heterocycles. The van der Waals surface area contributed by atoms with Crippen LogP contribution in [0.15, 0.2) is 35.7 Å². The maximum atomic E-state index is 8.90. The summed E-state index contributed by atoms with van der Waals surface area (Å²) in [7, 11) is 0. The second-order valence-electron chi connectivity index (χ2n) is 3.09. The molecule has 0 unspecified atom stereocenters. The number of fused-ring (bicyclic) bond motifs is 1. The third-order valence-corrected chi connectivity index (χ3v) is 2.36. The van der Waals surface area contributed by atoms with E-state index in [0.717, 1.165) is 5.70 Å². The van der Waals surface area contributed by atoms with Gasteiger partial charge in [-0.2, -0.15) is 5.26 Å². The summed E-state index contributed by atoms with van der Waals surface area (Å²) in [6.07, 6.45) is 7.44. The average Bonchev–Trinajstić information content (AvgIpc) is 2.41. The molecule has 2 aliphatic heterocycles. The molecule has 64 valence electrons. The van der Waals surface area contributed by atoms with E-state index in [1.54, 1.807) is 4.90 Å². The second-order valence-corrected chi connectivity index (χ2v) is 3.09. The first-order valence-electron chi connectivity index (χ1n) is 4.12. The van der Waals surface area contributed by atoms with Crippen LogP contribution < -0.4 is 0 Å². The first-order valence-corrected chi connectivity index (χ1v) is 4.12. The van der Waals surface area contributed by atoms with E-state index in [2.05, 4.69) is 6.07 Å². The summed E-state index contributed by atoms with van der Waals surface area (Å²) in [6, 6.07) is 2.16. The molecule has 2 aliphatic rings. The number of nitrogens with one attached hydrogen (secondary N) is 1. The molecular weight excluding hydrogens is 162 g/mol. The number of hydrogen-bond acceptors (Lipinski definition) is 2. The molecule has 2 rings (SSSR count). The van der Waals surface area contributed by atoms with Gasteiger partial charge in [-0.3, -0.25) is 5.41 Å². The second kappa shape index (κ2) is 2.60. The lowest BCUT2D eigenvalue weighted by atomic mass is 10.0. The van der Waals surface area contributed by atoms with Crippen LogP contribution in [0.5, 0.6) is 0 Å². The monoisotopic (exact) mass is 171 g/mol. The molecule has 0 aromatic heterocycles. The molecule has 2 heterocycles. The molecular formula is C10H9N3. The van der Waals surface area contributed by atoms with Crippen molar-refractivity contribution in [3.63, 3.8) is 0 Å². The molecule has 0 aromatic carbocycles. The fourth-order valence-corrected chi connectivity index (χ4v) is 1.59. The Bertz CT molecular complexity index is 393. The van der Waals surface area contributed by atoms with Crippen LogP contribution in [0.25, 0.3) is 0 Å². The molecule has 0 radical (unpaired) electrons. The van der Waals surface area contributed by atoms with Crippen LogP contribution >= 0.6 is 0 Å². The molecule has 0 saturated carbocycles. The van der Waals surface area contributed by atoms with Gasteiger partial charge in [-0.25, -0.2) is 0 Å². The summed E-state index contributed by atoms with van der Waals surface area (Å²) in [5, 5.41) is 16.7. The minimum atomic E-state index is -0.0765. The molecule has 1 N–H and O–H groups in total. The Morgan fingerprint density at radius 3 is 3.00 bits per heavy atom. The largest absolute Gasteiger partial charge is 0.304 e. The Morgan fingerprint density at radius 2 is 2.31 bits per heavy atom. The standard InChI is InChI=1S/C10H9N3/c1-7-8(6-11)9-4-2-3-5-13(9)10(7)12/h2-5,7,12H,1H3/t7-/m1/s1. The fraction of sp³-hybridized carbons (Fsp3) is 0.200. The summed E-state index contributed by atoms with van der Waals surface area (Å²) >= 11 is 0. The van der Waals surface area contributed by atoms with Gasteiger partial charge in [0.25, 0.3) is 0 Å². The summed E-state index contributed by atoms with van der Waals surface area (Å²) in [6.45, 7) is 1.88. The molecule has 1 atom stereocenters. The van der Waals surface area contributed by atoms with Crippen LogP contribution in [0.1, 0.15) is 6.92 Å². The van der Waals surface area contributed by atoms with Crippen LogP contribution in [0, 0.1) is 22.7 Å².